The molecule has 0 saturated heterocycles. The minimum absolute atomic E-state index is 0.239. The fourth-order valence-corrected chi connectivity index (χ4v) is 2.11. The molecule has 6 heteroatoms. The molecule has 2 rings (SSSR count). The largest absolute Gasteiger partial charge is 0.373 e. The van der Waals surface area contributed by atoms with Crippen LogP contribution in [0.1, 0.15) is 24.5 Å². The Bertz CT molecular complexity index is 617. The van der Waals surface area contributed by atoms with Crippen LogP contribution in [0.15, 0.2) is 24.5 Å². The summed E-state index contributed by atoms with van der Waals surface area (Å²) in [5, 5.41) is 6.12. The summed E-state index contributed by atoms with van der Waals surface area (Å²) in [5.41, 5.74) is 1.36. The van der Waals surface area contributed by atoms with Crippen LogP contribution in [0.5, 0.6) is 0 Å². The van der Waals surface area contributed by atoms with Gasteiger partial charge in [0.05, 0.1) is 0 Å². The summed E-state index contributed by atoms with van der Waals surface area (Å²) in [6.45, 7) is 2.30. The molecule has 0 aliphatic rings. The molecule has 2 N–H and O–H groups in total. The highest BCUT2D eigenvalue weighted by atomic mass is 19.1. The van der Waals surface area contributed by atoms with E-state index in [4.69, 9.17) is 0 Å². The molecule has 0 saturated carbocycles. The molecule has 0 atom stereocenters. The lowest BCUT2D eigenvalue weighted by Gasteiger charge is -2.14. The van der Waals surface area contributed by atoms with Crippen LogP contribution in [0.2, 0.25) is 0 Å². The number of hydrogen-bond donors (Lipinski definition) is 2. The summed E-state index contributed by atoms with van der Waals surface area (Å²) in [6.07, 6.45) is 3.21. The summed E-state index contributed by atoms with van der Waals surface area (Å²) in [6, 6.07) is 3.55. The van der Waals surface area contributed by atoms with Crippen molar-refractivity contribution in [2.75, 3.05) is 17.7 Å². The Hall–Kier alpha value is -2.24. The molecule has 2 aromatic rings. The number of anilines is 2. The van der Waals surface area contributed by atoms with Gasteiger partial charge in [-0.15, -0.1) is 0 Å². The molecule has 1 aromatic carbocycles. The summed E-state index contributed by atoms with van der Waals surface area (Å²) in [4.78, 5) is 8.38. The van der Waals surface area contributed by atoms with Crippen LogP contribution in [0.4, 0.5) is 20.4 Å². The number of benzene rings is 1. The number of rotatable bonds is 6. The highest BCUT2D eigenvalue weighted by molar-refractivity contribution is 5.57. The second-order valence-corrected chi connectivity index (χ2v) is 4.64. The maximum Gasteiger partial charge on any atom is 0.134 e. The van der Waals surface area contributed by atoms with E-state index in [0.717, 1.165) is 30.3 Å². The van der Waals surface area contributed by atoms with Gasteiger partial charge >= 0.3 is 0 Å². The fraction of sp³-hybridized carbons (Fsp3) is 0.333. The average molecular weight is 292 g/mol. The summed E-state index contributed by atoms with van der Waals surface area (Å²) >= 11 is 0. The molecule has 0 radical (unpaired) electrons. The zero-order chi connectivity index (χ0) is 15.2. The van der Waals surface area contributed by atoms with Gasteiger partial charge in [0.2, 0.25) is 0 Å². The minimum Gasteiger partial charge on any atom is -0.373 e. The molecule has 0 unspecified atom stereocenters. The first-order chi connectivity index (χ1) is 10.2. The van der Waals surface area contributed by atoms with Gasteiger partial charge in [0.15, 0.2) is 0 Å². The Balaban J connectivity index is 2.19. The normalized spacial score (nSPS) is 10.5. The quantitative estimate of drug-likeness (QED) is 0.857. The van der Waals surface area contributed by atoms with E-state index in [-0.39, 0.29) is 6.54 Å². The van der Waals surface area contributed by atoms with Crippen molar-refractivity contribution in [3.63, 3.8) is 0 Å². The zero-order valence-corrected chi connectivity index (χ0v) is 12.1. The fourth-order valence-electron chi connectivity index (χ4n) is 2.11. The van der Waals surface area contributed by atoms with Crippen molar-refractivity contribution >= 4 is 11.6 Å². The van der Waals surface area contributed by atoms with Gasteiger partial charge in [-0.2, -0.15) is 0 Å². The van der Waals surface area contributed by atoms with Crippen LogP contribution < -0.4 is 10.6 Å². The Labute approximate surface area is 122 Å². The van der Waals surface area contributed by atoms with E-state index < -0.39 is 11.6 Å². The Morgan fingerprint density at radius 3 is 2.57 bits per heavy atom. The van der Waals surface area contributed by atoms with E-state index in [9.17, 15) is 8.78 Å². The molecular weight excluding hydrogens is 274 g/mol. The highest BCUT2D eigenvalue weighted by Gasteiger charge is 2.10. The van der Waals surface area contributed by atoms with Crippen molar-refractivity contribution in [3.05, 3.63) is 47.3 Å². The van der Waals surface area contributed by atoms with Gasteiger partial charge < -0.3 is 10.6 Å². The number of halogens is 2. The van der Waals surface area contributed by atoms with Gasteiger partial charge in [-0.1, -0.05) is 19.4 Å². The van der Waals surface area contributed by atoms with Crippen LogP contribution in [-0.4, -0.2) is 17.0 Å². The molecule has 1 heterocycles. The van der Waals surface area contributed by atoms with Gasteiger partial charge in [0.25, 0.3) is 0 Å². The minimum atomic E-state index is -0.581. The van der Waals surface area contributed by atoms with E-state index in [1.165, 1.54) is 18.5 Å². The van der Waals surface area contributed by atoms with Gasteiger partial charge in [0.1, 0.15) is 29.6 Å². The van der Waals surface area contributed by atoms with E-state index in [0.29, 0.717) is 11.4 Å². The third-order valence-electron chi connectivity index (χ3n) is 3.14. The first-order valence-corrected chi connectivity index (χ1v) is 6.85. The topological polar surface area (TPSA) is 49.8 Å². The number of hydrogen-bond acceptors (Lipinski definition) is 4. The second-order valence-electron chi connectivity index (χ2n) is 4.64. The van der Waals surface area contributed by atoms with Crippen LogP contribution >= 0.6 is 0 Å². The highest BCUT2D eigenvalue weighted by Crippen LogP contribution is 2.22. The molecule has 21 heavy (non-hydrogen) atoms. The maximum absolute atomic E-state index is 13.6. The second kappa shape index (κ2) is 6.97. The standard InChI is InChI=1S/C15H18F2N4/c1-3-4-12-14(18-2)20-9-21-15(12)19-8-10-5-6-11(16)7-13(10)17/h5-7,9H,3-4,8H2,1-2H3,(H2,18,19,20,21). The lowest BCUT2D eigenvalue weighted by molar-refractivity contribution is 0.574. The first-order valence-electron chi connectivity index (χ1n) is 6.85. The van der Waals surface area contributed by atoms with Gasteiger partial charge in [-0.25, -0.2) is 18.7 Å². The average Bonchev–Trinajstić information content (AvgIpc) is 2.47. The molecule has 112 valence electrons. The van der Waals surface area contributed by atoms with Crippen molar-refractivity contribution < 1.29 is 8.78 Å². The Morgan fingerprint density at radius 1 is 1.14 bits per heavy atom. The number of aromatic nitrogens is 2. The smallest absolute Gasteiger partial charge is 0.134 e. The van der Waals surface area contributed by atoms with E-state index >= 15 is 0 Å². The molecule has 0 amide bonds. The molecule has 4 nitrogen and oxygen atoms in total. The van der Waals surface area contributed by atoms with Gasteiger partial charge in [-0.05, 0) is 12.5 Å². The summed E-state index contributed by atoms with van der Waals surface area (Å²) in [7, 11) is 1.80. The van der Waals surface area contributed by atoms with Crippen LogP contribution in [0, 0.1) is 11.6 Å². The molecule has 0 bridgehead atoms. The number of nitrogens with one attached hydrogen (secondary N) is 2. The van der Waals surface area contributed by atoms with Gasteiger partial charge in [0, 0.05) is 30.8 Å². The zero-order valence-electron chi connectivity index (χ0n) is 12.1. The number of nitrogens with zero attached hydrogens (tertiary/aromatic N) is 2. The third kappa shape index (κ3) is 3.65. The Kier molecular flexibility index (Phi) is 5.03. The monoisotopic (exact) mass is 292 g/mol. The maximum atomic E-state index is 13.6. The van der Waals surface area contributed by atoms with Crippen molar-refractivity contribution in [1.82, 2.24) is 9.97 Å². The third-order valence-corrected chi connectivity index (χ3v) is 3.14. The molecular formula is C15H18F2N4. The van der Waals surface area contributed by atoms with E-state index in [1.54, 1.807) is 7.05 Å². The van der Waals surface area contributed by atoms with Crippen LogP contribution in [0.3, 0.4) is 0 Å². The Morgan fingerprint density at radius 2 is 1.90 bits per heavy atom. The van der Waals surface area contributed by atoms with Crippen molar-refractivity contribution in [2.24, 2.45) is 0 Å². The van der Waals surface area contributed by atoms with Gasteiger partial charge in [-0.3, -0.25) is 0 Å². The molecule has 1 aromatic heterocycles. The lowest BCUT2D eigenvalue weighted by atomic mass is 10.1. The predicted molar refractivity (Wildman–Crippen MR) is 79.3 cm³/mol. The lowest BCUT2D eigenvalue weighted by Crippen LogP contribution is -2.09. The van der Waals surface area contributed by atoms with Crippen molar-refractivity contribution in [2.45, 2.75) is 26.3 Å². The van der Waals surface area contributed by atoms with Crippen LogP contribution in [-0.2, 0) is 13.0 Å². The summed E-state index contributed by atoms with van der Waals surface area (Å²) < 4.78 is 26.5. The predicted octanol–water partition coefficient (Wildman–Crippen LogP) is 3.36. The molecule has 0 spiro atoms. The first kappa shape index (κ1) is 15.2. The molecule has 0 aliphatic carbocycles. The SMILES string of the molecule is CCCc1c(NC)ncnc1NCc1ccc(F)cc1F. The van der Waals surface area contributed by atoms with Crippen molar-refractivity contribution in [1.29, 1.82) is 0 Å². The molecule has 0 aliphatic heterocycles. The van der Waals surface area contributed by atoms with Crippen molar-refractivity contribution in [3.8, 4) is 0 Å². The molecule has 0 fully saturated rings. The van der Waals surface area contributed by atoms with E-state index in [1.807, 2.05) is 0 Å². The summed E-state index contributed by atoms with van der Waals surface area (Å²) in [5.74, 6) is 0.277. The van der Waals surface area contributed by atoms with E-state index in [2.05, 4.69) is 27.5 Å². The van der Waals surface area contributed by atoms with Crippen LogP contribution in [0.25, 0.3) is 0 Å².